The fraction of sp³-hybridized carbons (Fsp3) is 0.357. The number of benzene rings is 1. The van der Waals surface area contributed by atoms with Crippen molar-refractivity contribution in [2.45, 2.75) is 11.1 Å². The second-order valence-electron chi connectivity index (χ2n) is 5.66. The van der Waals surface area contributed by atoms with Crippen molar-refractivity contribution in [3.05, 3.63) is 45.5 Å². The van der Waals surface area contributed by atoms with Crippen LogP contribution in [-0.2, 0) is 16.2 Å². The van der Waals surface area contributed by atoms with Gasteiger partial charge in [0.05, 0.1) is 9.82 Å². The first-order valence-corrected chi connectivity index (χ1v) is 9.93. The van der Waals surface area contributed by atoms with Crippen LogP contribution in [0, 0.1) is 10.1 Å². The van der Waals surface area contributed by atoms with Gasteiger partial charge in [0.2, 0.25) is 10.0 Å². The van der Waals surface area contributed by atoms with Gasteiger partial charge in [-0.15, -0.1) is 11.3 Å². The van der Waals surface area contributed by atoms with Crippen LogP contribution in [0.15, 0.2) is 34.5 Å². The Hall–Kier alpha value is -2.25. The van der Waals surface area contributed by atoms with Gasteiger partial charge in [0.15, 0.2) is 10.8 Å². The lowest BCUT2D eigenvalue weighted by Gasteiger charge is -2.33. The lowest BCUT2D eigenvalue weighted by atomic mass is 10.3. The molecular formula is C14H13F3N4O4S2. The molecule has 0 amide bonds. The van der Waals surface area contributed by atoms with Gasteiger partial charge in [-0.05, 0) is 6.07 Å². The number of nitrogens with zero attached hydrogens (tertiary/aromatic N) is 4. The van der Waals surface area contributed by atoms with Gasteiger partial charge in [-0.25, -0.2) is 13.4 Å². The zero-order valence-corrected chi connectivity index (χ0v) is 15.2. The number of hydrogen-bond donors (Lipinski definition) is 0. The minimum absolute atomic E-state index is 0.0337. The Kier molecular flexibility index (Phi) is 5.10. The van der Waals surface area contributed by atoms with Crippen LogP contribution in [0.4, 0.5) is 24.0 Å². The summed E-state index contributed by atoms with van der Waals surface area (Å²) in [6.07, 6.45) is -4.53. The van der Waals surface area contributed by atoms with Gasteiger partial charge >= 0.3 is 6.18 Å². The van der Waals surface area contributed by atoms with E-state index >= 15 is 0 Å². The van der Waals surface area contributed by atoms with Crippen LogP contribution in [0.25, 0.3) is 0 Å². The number of nitro groups is 1. The Morgan fingerprint density at radius 1 is 1.19 bits per heavy atom. The number of piperazine rings is 1. The van der Waals surface area contributed by atoms with E-state index < -0.39 is 26.8 Å². The monoisotopic (exact) mass is 422 g/mol. The highest BCUT2D eigenvalue weighted by atomic mass is 32.2. The summed E-state index contributed by atoms with van der Waals surface area (Å²) >= 11 is 0.845. The first kappa shape index (κ1) is 19.5. The highest BCUT2D eigenvalue weighted by Gasteiger charge is 2.35. The number of aromatic nitrogens is 1. The molecule has 0 atom stereocenters. The average Bonchev–Trinajstić information content (AvgIpc) is 3.12. The Labute approximate surface area is 156 Å². The third-order valence-corrected chi connectivity index (χ3v) is 6.75. The summed E-state index contributed by atoms with van der Waals surface area (Å²) in [7, 11) is -3.94. The summed E-state index contributed by atoms with van der Waals surface area (Å²) in [6.45, 7) is 0.399. The van der Waals surface area contributed by atoms with Crippen LogP contribution in [0.1, 0.15) is 5.69 Å². The van der Waals surface area contributed by atoms with E-state index in [0.29, 0.717) is 0 Å². The summed E-state index contributed by atoms with van der Waals surface area (Å²) in [5.41, 5.74) is -1.31. The highest BCUT2D eigenvalue weighted by molar-refractivity contribution is 7.89. The van der Waals surface area contributed by atoms with Crippen molar-refractivity contribution < 1.29 is 26.5 Å². The maximum absolute atomic E-state index is 12.7. The van der Waals surface area contributed by atoms with Gasteiger partial charge in [-0.2, -0.15) is 17.5 Å². The first-order chi connectivity index (χ1) is 12.6. The maximum atomic E-state index is 12.7. The molecule has 3 rings (SSSR count). The first-order valence-electron chi connectivity index (χ1n) is 7.61. The number of rotatable bonds is 4. The molecule has 0 aliphatic carbocycles. The smallest absolute Gasteiger partial charge is 0.345 e. The zero-order chi connectivity index (χ0) is 19.8. The number of halogens is 3. The van der Waals surface area contributed by atoms with Crippen LogP contribution in [0.3, 0.4) is 0 Å². The molecule has 0 N–H and O–H groups in total. The third-order valence-electron chi connectivity index (χ3n) is 3.96. The van der Waals surface area contributed by atoms with Crippen LogP contribution < -0.4 is 4.90 Å². The van der Waals surface area contributed by atoms with Gasteiger partial charge in [0, 0.05) is 43.7 Å². The van der Waals surface area contributed by atoms with Gasteiger partial charge in [0.1, 0.15) is 0 Å². The molecule has 1 aliphatic heterocycles. The van der Waals surface area contributed by atoms with E-state index in [1.807, 2.05) is 0 Å². The summed E-state index contributed by atoms with van der Waals surface area (Å²) in [4.78, 5) is 15.1. The highest BCUT2D eigenvalue weighted by Crippen LogP contribution is 2.33. The molecule has 0 spiro atoms. The van der Waals surface area contributed by atoms with Crippen molar-refractivity contribution in [3.63, 3.8) is 0 Å². The van der Waals surface area contributed by atoms with E-state index in [1.54, 1.807) is 4.90 Å². The van der Waals surface area contributed by atoms with Crippen LogP contribution in [0.5, 0.6) is 0 Å². The predicted molar refractivity (Wildman–Crippen MR) is 91.2 cm³/mol. The second-order valence-corrected chi connectivity index (χ2v) is 8.43. The maximum Gasteiger partial charge on any atom is 0.434 e. The van der Waals surface area contributed by atoms with E-state index in [1.165, 1.54) is 18.2 Å². The number of sulfonamides is 1. The molecule has 146 valence electrons. The summed E-state index contributed by atoms with van der Waals surface area (Å²) < 4.78 is 64.4. The summed E-state index contributed by atoms with van der Waals surface area (Å²) in [6, 6.07) is 4.73. The Morgan fingerprint density at radius 3 is 2.41 bits per heavy atom. The normalized spacial score (nSPS) is 16.5. The molecular weight excluding hydrogens is 409 g/mol. The molecule has 1 aromatic heterocycles. The van der Waals surface area contributed by atoms with Gasteiger partial charge in [-0.3, -0.25) is 10.1 Å². The molecule has 2 heterocycles. The number of anilines is 1. The number of non-ortho nitro benzene ring substituents is 1. The average molecular weight is 422 g/mol. The largest absolute Gasteiger partial charge is 0.434 e. The molecule has 8 nitrogen and oxygen atoms in total. The van der Waals surface area contributed by atoms with Crippen molar-refractivity contribution in [3.8, 4) is 0 Å². The van der Waals surface area contributed by atoms with E-state index in [9.17, 15) is 31.7 Å². The Morgan fingerprint density at radius 2 is 1.85 bits per heavy atom. The van der Waals surface area contributed by atoms with Crippen molar-refractivity contribution in [2.24, 2.45) is 0 Å². The van der Waals surface area contributed by atoms with Crippen LogP contribution in [0.2, 0.25) is 0 Å². The van der Waals surface area contributed by atoms with Crippen molar-refractivity contribution in [2.75, 3.05) is 31.1 Å². The number of nitro benzene ring substituents is 1. The minimum Gasteiger partial charge on any atom is -0.345 e. The molecule has 0 unspecified atom stereocenters. The molecule has 13 heteroatoms. The van der Waals surface area contributed by atoms with E-state index in [2.05, 4.69) is 4.98 Å². The fourth-order valence-electron chi connectivity index (χ4n) is 2.57. The van der Waals surface area contributed by atoms with E-state index in [4.69, 9.17) is 0 Å². The standard InChI is InChI=1S/C14H13F3N4O4S2/c15-14(16,17)12-9-26-13(18-12)19-4-6-20(7-5-19)27(24,25)11-3-1-2-10(8-11)21(22)23/h1-3,8-9H,4-7H2. The second kappa shape index (κ2) is 7.05. The lowest BCUT2D eigenvalue weighted by molar-refractivity contribution is -0.385. The quantitative estimate of drug-likeness (QED) is 0.555. The molecule has 0 saturated carbocycles. The zero-order valence-electron chi connectivity index (χ0n) is 13.6. The molecule has 0 bridgehead atoms. The Balaban J connectivity index is 1.72. The van der Waals surface area contributed by atoms with Crippen LogP contribution >= 0.6 is 11.3 Å². The fourth-order valence-corrected chi connectivity index (χ4v) is 4.91. The van der Waals surface area contributed by atoms with E-state index in [0.717, 1.165) is 27.1 Å². The van der Waals surface area contributed by atoms with Gasteiger partial charge in [-0.1, -0.05) is 6.07 Å². The van der Waals surface area contributed by atoms with Crippen molar-refractivity contribution >= 4 is 32.2 Å². The van der Waals surface area contributed by atoms with Gasteiger partial charge in [0.25, 0.3) is 5.69 Å². The SMILES string of the molecule is O=[N+]([O-])c1cccc(S(=O)(=O)N2CCN(c3nc(C(F)(F)F)cs3)CC2)c1. The van der Waals surface area contributed by atoms with Crippen LogP contribution in [-0.4, -0.2) is 48.8 Å². The molecule has 1 aromatic carbocycles. The number of alkyl halides is 3. The topological polar surface area (TPSA) is 96.6 Å². The summed E-state index contributed by atoms with van der Waals surface area (Å²) in [5, 5.41) is 11.9. The molecule has 2 aromatic rings. The Bertz CT molecular complexity index is 953. The third kappa shape index (κ3) is 4.04. The molecule has 1 aliphatic rings. The van der Waals surface area contributed by atoms with Gasteiger partial charge < -0.3 is 4.90 Å². The number of thiazole rings is 1. The predicted octanol–water partition coefficient (Wildman–Crippen LogP) is 2.58. The summed E-state index contributed by atoms with van der Waals surface area (Å²) in [5.74, 6) is 0. The molecule has 1 saturated heterocycles. The van der Waals surface area contributed by atoms with Crippen molar-refractivity contribution in [1.29, 1.82) is 0 Å². The molecule has 0 radical (unpaired) electrons. The lowest BCUT2D eigenvalue weighted by Crippen LogP contribution is -2.48. The number of hydrogen-bond acceptors (Lipinski definition) is 7. The minimum atomic E-state index is -4.53. The van der Waals surface area contributed by atoms with Crippen molar-refractivity contribution in [1.82, 2.24) is 9.29 Å². The van der Waals surface area contributed by atoms with E-state index in [-0.39, 0.29) is 41.9 Å². The molecule has 27 heavy (non-hydrogen) atoms. The molecule has 1 fully saturated rings.